The molecule has 0 spiro atoms. The van der Waals surface area contributed by atoms with Crippen LogP contribution in [0.2, 0.25) is 5.02 Å². The molecule has 0 saturated carbocycles. The Kier molecular flexibility index (Phi) is 8.02. The van der Waals surface area contributed by atoms with E-state index in [9.17, 15) is 4.57 Å². The van der Waals surface area contributed by atoms with Crippen molar-refractivity contribution in [1.29, 1.82) is 0 Å². The van der Waals surface area contributed by atoms with Crippen LogP contribution < -0.4 is 5.30 Å². The van der Waals surface area contributed by atoms with Crippen molar-refractivity contribution < 1.29 is 9.09 Å². The summed E-state index contributed by atoms with van der Waals surface area (Å²) in [4.78, 5) is 0. The number of rotatable bonds is 7. The lowest BCUT2D eigenvalue weighted by atomic mass is 10.1. The van der Waals surface area contributed by atoms with E-state index >= 15 is 0 Å². The lowest BCUT2D eigenvalue weighted by Crippen LogP contribution is -2.05. The van der Waals surface area contributed by atoms with Crippen LogP contribution in [0.4, 0.5) is 0 Å². The predicted octanol–water partition coefficient (Wildman–Crippen LogP) is 6.12. The van der Waals surface area contributed by atoms with Gasteiger partial charge in [-0.1, -0.05) is 60.0 Å². The van der Waals surface area contributed by atoms with Crippen molar-refractivity contribution in [1.82, 2.24) is 0 Å². The van der Waals surface area contributed by atoms with Gasteiger partial charge in [0.25, 0.3) is 0 Å². The van der Waals surface area contributed by atoms with Crippen LogP contribution in [-0.2, 0) is 9.09 Å². The van der Waals surface area contributed by atoms with Gasteiger partial charge in [-0.15, -0.1) is 0 Å². The number of unbranched alkanes of at least 4 members (excludes halogenated alkanes) is 2. The van der Waals surface area contributed by atoms with E-state index < -0.39 is 7.37 Å². The van der Waals surface area contributed by atoms with E-state index in [-0.39, 0.29) is 0 Å². The Bertz CT molecular complexity index is 786. The third-order valence-corrected chi connectivity index (χ3v) is 5.79. The molecule has 2 aromatic rings. The third kappa shape index (κ3) is 6.56. The van der Waals surface area contributed by atoms with Gasteiger partial charge in [0.2, 0.25) is 0 Å². The van der Waals surface area contributed by atoms with E-state index in [1.165, 1.54) is 0 Å². The number of hydrogen-bond acceptors (Lipinski definition) is 2. The first-order valence-electron chi connectivity index (χ1n) is 8.36. The molecule has 0 aliphatic heterocycles. The van der Waals surface area contributed by atoms with Crippen molar-refractivity contribution in [3.05, 3.63) is 71.3 Å². The standard InChI is InChI=1S/C21H22ClO2P/c1-2-24-25(23,21-12-8-6-9-13-21)18-10-5-3-4-7-11-19-14-16-20(22)17-15-19/h6-9,11-17H,2-5H2,1H3. The van der Waals surface area contributed by atoms with Crippen LogP contribution >= 0.6 is 19.0 Å². The van der Waals surface area contributed by atoms with Gasteiger partial charge < -0.3 is 4.52 Å². The predicted molar refractivity (Wildman–Crippen MR) is 107 cm³/mol. The van der Waals surface area contributed by atoms with E-state index in [0.29, 0.717) is 18.3 Å². The monoisotopic (exact) mass is 372 g/mol. The van der Waals surface area contributed by atoms with Crippen molar-refractivity contribution in [3.8, 4) is 11.6 Å². The molecule has 0 fully saturated rings. The molecule has 0 heterocycles. The summed E-state index contributed by atoms with van der Waals surface area (Å²) in [5.41, 5.74) is 4.00. The molecule has 0 aromatic heterocycles. The van der Waals surface area contributed by atoms with E-state index in [0.717, 1.165) is 23.4 Å². The van der Waals surface area contributed by atoms with Crippen molar-refractivity contribution in [2.45, 2.75) is 26.2 Å². The minimum Gasteiger partial charge on any atom is -0.317 e. The fourth-order valence-electron chi connectivity index (χ4n) is 2.24. The molecule has 1 atom stereocenters. The van der Waals surface area contributed by atoms with E-state index in [1.54, 1.807) is 12.1 Å². The van der Waals surface area contributed by atoms with Crippen LogP contribution in [-0.4, -0.2) is 6.61 Å². The first-order valence-corrected chi connectivity index (χ1v) is 10.4. The second-order valence-corrected chi connectivity index (χ2v) is 7.98. The summed E-state index contributed by atoms with van der Waals surface area (Å²) >= 11 is 5.86. The van der Waals surface area contributed by atoms with Crippen LogP contribution in [0.25, 0.3) is 6.08 Å². The first-order chi connectivity index (χ1) is 12.1. The zero-order valence-corrected chi connectivity index (χ0v) is 16.0. The lowest BCUT2D eigenvalue weighted by Gasteiger charge is -2.11. The fourth-order valence-corrected chi connectivity index (χ4v) is 3.96. The van der Waals surface area contributed by atoms with E-state index in [4.69, 9.17) is 16.1 Å². The Morgan fingerprint density at radius 2 is 1.84 bits per heavy atom. The molecular formula is C21H22ClO2P. The maximum atomic E-state index is 12.9. The van der Waals surface area contributed by atoms with Crippen LogP contribution in [0.5, 0.6) is 0 Å². The molecule has 25 heavy (non-hydrogen) atoms. The maximum Gasteiger partial charge on any atom is 0.303 e. The van der Waals surface area contributed by atoms with Gasteiger partial charge in [-0.25, -0.2) is 0 Å². The Balaban J connectivity index is 1.86. The molecule has 2 rings (SSSR count). The zero-order chi connectivity index (χ0) is 18.0. The summed E-state index contributed by atoms with van der Waals surface area (Å²) in [7, 11) is -3.07. The fraction of sp³-hybridized carbons (Fsp3) is 0.238. The van der Waals surface area contributed by atoms with Crippen LogP contribution in [0.15, 0.2) is 60.7 Å². The number of benzene rings is 2. The van der Waals surface area contributed by atoms with Crippen molar-refractivity contribution >= 4 is 30.4 Å². The molecule has 0 aliphatic rings. The molecule has 0 saturated heterocycles. The van der Waals surface area contributed by atoms with Gasteiger partial charge in [-0.3, -0.25) is 4.57 Å². The summed E-state index contributed by atoms with van der Waals surface area (Å²) in [5, 5.41) is 1.40. The molecule has 4 heteroatoms. The van der Waals surface area contributed by atoms with Crippen molar-refractivity contribution in [3.63, 3.8) is 0 Å². The summed E-state index contributed by atoms with van der Waals surface area (Å²) < 4.78 is 18.4. The number of hydrogen-bond donors (Lipinski definition) is 0. The highest BCUT2D eigenvalue weighted by Gasteiger charge is 2.22. The van der Waals surface area contributed by atoms with Gasteiger partial charge in [0.15, 0.2) is 0 Å². The Hall–Kier alpha value is -1.78. The second kappa shape index (κ2) is 10.3. The van der Waals surface area contributed by atoms with Crippen LogP contribution in [0.3, 0.4) is 0 Å². The first kappa shape index (κ1) is 19.5. The molecule has 0 amide bonds. The number of halogens is 1. The molecule has 1 unspecified atom stereocenters. The van der Waals surface area contributed by atoms with Gasteiger partial charge >= 0.3 is 7.37 Å². The minimum atomic E-state index is -3.07. The minimum absolute atomic E-state index is 0.380. The molecule has 0 radical (unpaired) electrons. The van der Waals surface area contributed by atoms with Crippen molar-refractivity contribution in [2.24, 2.45) is 0 Å². The SMILES string of the molecule is CCOP(=O)(C#CCCCC=Cc1ccc(Cl)cc1)c1ccccc1. The van der Waals surface area contributed by atoms with Gasteiger partial charge in [-0.2, -0.15) is 0 Å². The molecular weight excluding hydrogens is 351 g/mol. The highest BCUT2D eigenvalue weighted by Crippen LogP contribution is 2.44. The molecule has 130 valence electrons. The normalized spacial score (nSPS) is 13.2. The molecule has 2 nitrogen and oxygen atoms in total. The highest BCUT2D eigenvalue weighted by molar-refractivity contribution is 7.71. The zero-order valence-electron chi connectivity index (χ0n) is 14.3. The number of allylic oxidation sites excluding steroid dienone is 1. The molecule has 0 aliphatic carbocycles. The summed E-state index contributed by atoms with van der Waals surface area (Å²) in [5.74, 6) is 3.03. The molecule has 2 aromatic carbocycles. The van der Waals surface area contributed by atoms with Gasteiger partial charge in [-0.05, 0) is 55.3 Å². The van der Waals surface area contributed by atoms with Crippen LogP contribution in [0.1, 0.15) is 31.7 Å². The van der Waals surface area contributed by atoms with E-state index in [2.05, 4.69) is 23.7 Å². The highest BCUT2D eigenvalue weighted by atomic mass is 35.5. The average molecular weight is 373 g/mol. The van der Waals surface area contributed by atoms with Gasteiger partial charge in [0.1, 0.15) is 0 Å². The molecule has 0 N–H and O–H groups in total. The third-order valence-electron chi connectivity index (χ3n) is 3.49. The van der Waals surface area contributed by atoms with Gasteiger partial charge in [0, 0.05) is 16.7 Å². The topological polar surface area (TPSA) is 26.3 Å². The summed E-state index contributed by atoms with van der Waals surface area (Å²) in [6.45, 7) is 2.21. The Labute approximate surface area is 155 Å². The van der Waals surface area contributed by atoms with Gasteiger partial charge in [0.05, 0.1) is 6.61 Å². The largest absolute Gasteiger partial charge is 0.317 e. The lowest BCUT2D eigenvalue weighted by molar-refractivity contribution is 0.348. The molecule has 0 bridgehead atoms. The second-order valence-electron chi connectivity index (χ2n) is 5.44. The smallest absolute Gasteiger partial charge is 0.303 e. The Morgan fingerprint density at radius 1 is 1.12 bits per heavy atom. The maximum absolute atomic E-state index is 12.9. The van der Waals surface area contributed by atoms with Crippen LogP contribution in [0, 0.1) is 11.6 Å². The van der Waals surface area contributed by atoms with E-state index in [1.807, 2.05) is 49.4 Å². The Morgan fingerprint density at radius 3 is 2.52 bits per heavy atom. The van der Waals surface area contributed by atoms with Crippen molar-refractivity contribution in [2.75, 3.05) is 6.61 Å². The quantitative estimate of drug-likeness (QED) is 0.332. The summed E-state index contributed by atoms with van der Waals surface area (Å²) in [6, 6.07) is 16.9. The summed E-state index contributed by atoms with van der Waals surface area (Å²) in [6.07, 6.45) is 6.71. The average Bonchev–Trinajstić information content (AvgIpc) is 2.63.